The predicted octanol–water partition coefficient (Wildman–Crippen LogP) is 1.15. The molecule has 0 fully saturated rings. The van der Waals surface area contributed by atoms with Crippen LogP contribution in [0.1, 0.15) is 13.3 Å². The molecule has 1 unspecified atom stereocenters. The van der Waals surface area contributed by atoms with Crippen molar-refractivity contribution in [2.45, 2.75) is 19.4 Å². The van der Waals surface area contributed by atoms with E-state index in [0.29, 0.717) is 6.41 Å². The second kappa shape index (κ2) is 5.80. The molecule has 0 aliphatic carbocycles. The van der Waals surface area contributed by atoms with Gasteiger partial charge in [0.05, 0.1) is 0 Å². The van der Waals surface area contributed by atoms with Crippen LogP contribution in [0.5, 0.6) is 0 Å². The molecule has 0 spiro atoms. The second-order valence-electron chi connectivity index (χ2n) is 3.30. The summed E-state index contributed by atoms with van der Waals surface area (Å²) < 4.78 is 0. The molecule has 0 bridgehead atoms. The first kappa shape index (κ1) is 11.2. The Hall–Kier alpha value is -1.84. The third-order valence-electron chi connectivity index (χ3n) is 1.90. The van der Waals surface area contributed by atoms with Crippen LogP contribution in [0.3, 0.4) is 0 Å². The maximum atomic E-state index is 11.4. The van der Waals surface area contributed by atoms with Gasteiger partial charge in [0, 0.05) is 18.2 Å². The van der Waals surface area contributed by atoms with Gasteiger partial charge in [0.2, 0.25) is 12.3 Å². The van der Waals surface area contributed by atoms with Crippen molar-refractivity contribution in [2.24, 2.45) is 0 Å². The van der Waals surface area contributed by atoms with Gasteiger partial charge in [-0.25, -0.2) is 0 Å². The van der Waals surface area contributed by atoms with E-state index in [1.165, 1.54) is 0 Å². The number of nitrogens with one attached hydrogen (secondary N) is 2. The number of para-hydroxylation sites is 1. The summed E-state index contributed by atoms with van der Waals surface area (Å²) in [6, 6.07) is 9.06. The quantitative estimate of drug-likeness (QED) is 0.710. The fraction of sp³-hybridized carbons (Fsp3) is 0.273. The van der Waals surface area contributed by atoms with Crippen molar-refractivity contribution in [3.8, 4) is 0 Å². The van der Waals surface area contributed by atoms with Crippen molar-refractivity contribution < 1.29 is 9.59 Å². The van der Waals surface area contributed by atoms with Crippen molar-refractivity contribution in [3.63, 3.8) is 0 Å². The Balaban J connectivity index is 2.39. The number of hydrogen-bond acceptors (Lipinski definition) is 2. The molecule has 4 nitrogen and oxygen atoms in total. The van der Waals surface area contributed by atoms with Crippen LogP contribution >= 0.6 is 0 Å². The van der Waals surface area contributed by atoms with Crippen molar-refractivity contribution in [2.75, 3.05) is 5.32 Å². The van der Waals surface area contributed by atoms with Gasteiger partial charge in [-0.05, 0) is 19.1 Å². The minimum absolute atomic E-state index is 0.108. The topological polar surface area (TPSA) is 58.2 Å². The van der Waals surface area contributed by atoms with Crippen molar-refractivity contribution >= 4 is 18.0 Å². The Morgan fingerprint density at radius 3 is 2.67 bits per heavy atom. The maximum Gasteiger partial charge on any atom is 0.226 e. The molecule has 1 rings (SSSR count). The summed E-state index contributed by atoms with van der Waals surface area (Å²) in [5, 5.41) is 5.26. The summed E-state index contributed by atoms with van der Waals surface area (Å²) in [5.41, 5.74) is 0.765. The summed E-state index contributed by atoms with van der Waals surface area (Å²) in [7, 11) is 0. The maximum absolute atomic E-state index is 11.4. The molecule has 4 heteroatoms. The molecule has 15 heavy (non-hydrogen) atoms. The average molecular weight is 206 g/mol. The standard InChI is InChI=1S/C11H14N2O2/c1-9(12-8-14)7-11(15)13-10-5-3-2-4-6-10/h2-6,8-9H,7H2,1H3,(H,12,14)(H,13,15). The van der Waals surface area contributed by atoms with Crippen LogP contribution in [0.25, 0.3) is 0 Å². The number of carbonyl (C=O) groups is 2. The van der Waals surface area contributed by atoms with Gasteiger partial charge in [0.15, 0.2) is 0 Å². The van der Waals surface area contributed by atoms with Crippen LogP contribution < -0.4 is 10.6 Å². The minimum atomic E-state index is -0.147. The highest BCUT2D eigenvalue weighted by atomic mass is 16.1. The molecule has 1 aromatic rings. The van der Waals surface area contributed by atoms with Crippen LogP contribution in [0, 0.1) is 0 Å². The zero-order valence-electron chi connectivity index (χ0n) is 8.57. The van der Waals surface area contributed by atoms with Crippen LogP contribution in [0.2, 0.25) is 0 Å². The van der Waals surface area contributed by atoms with E-state index < -0.39 is 0 Å². The number of carbonyl (C=O) groups excluding carboxylic acids is 2. The van der Waals surface area contributed by atoms with Crippen LogP contribution in [-0.4, -0.2) is 18.4 Å². The largest absolute Gasteiger partial charge is 0.356 e. The van der Waals surface area contributed by atoms with E-state index in [9.17, 15) is 9.59 Å². The molecule has 1 aromatic carbocycles. The Bertz CT molecular complexity index is 325. The molecule has 0 saturated carbocycles. The molecule has 0 saturated heterocycles. The summed E-state index contributed by atoms with van der Waals surface area (Å²) in [6.07, 6.45) is 0.869. The normalized spacial score (nSPS) is 11.5. The zero-order chi connectivity index (χ0) is 11.1. The number of anilines is 1. The van der Waals surface area contributed by atoms with Gasteiger partial charge in [0.25, 0.3) is 0 Å². The highest BCUT2D eigenvalue weighted by molar-refractivity contribution is 5.91. The van der Waals surface area contributed by atoms with Gasteiger partial charge in [-0.2, -0.15) is 0 Å². The summed E-state index contributed by atoms with van der Waals surface area (Å²) in [6.45, 7) is 1.78. The Labute approximate surface area is 88.7 Å². The molecular weight excluding hydrogens is 192 g/mol. The average Bonchev–Trinajstić information content (AvgIpc) is 2.19. The fourth-order valence-electron chi connectivity index (χ4n) is 1.19. The molecule has 2 N–H and O–H groups in total. The van der Waals surface area contributed by atoms with E-state index in [0.717, 1.165) is 5.69 Å². The zero-order valence-corrected chi connectivity index (χ0v) is 8.57. The van der Waals surface area contributed by atoms with E-state index in [1.807, 2.05) is 30.3 Å². The van der Waals surface area contributed by atoms with E-state index in [4.69, 9.17) is 0 Å². The first-order valence-corrected chi connectivity index (χ1v) is 4.77. The number of rotatable bonds is 5. The second-order valence-corrected chi connectivity index (χ2v) is 3.30. The summed E-state index contributed by atoms with van der Waals surface area (Å²) in [4.78, 5) is 21.5. The van der Waals surface area contributed by atoms with Crippen molar-refractivity contribution in [1.29, 1.82) is 0 Å². The number of hydrogen-bond donors (Lipinski definition) is 2. The Morgan fingerprint density at radius 2 is 2.07 bits per heavy atom. The molecule has 0 aliphatic heterocycles. The summed E-state index contributed by atoms with van der Waals surface area (Å²) >= 11 is 0. The van der Waals surface area contributed by atoms with Crippen molar-refractivity contribution in [1.82, 2.24) is 5.32 Å². The molecule has 1 atom stereocenters. The lowest BCUT2D eigenvalue weighted by atomic mass is 10.2. The first-order chi connectivity index (χ1) is 7.22. The van der Waals surface area contributed by atoms with E-state index in [2.05, 4.69) is 10.6 Å². The van der Waals surface area contributed by atoms with Crippen LogP contribution in [0.15, 0.2) is 30.3 Å². The molecule has 80 valence electrons. The lowest BCUT2D eigenvalue weighted by molar-refractivity contribution is -0.116. The van der Waals surface area contributed by atoms with Crippen LogP contribution in [-0.2, 0) is 9.59 Å². The molecular formula is C11H14N2O2. The van der Waals surface area contributed by atoms with Crippen LogP contribution in [0.4, 0.5) is 5.69 Å². The molecule has 0 aromatic heterocycles. The third kappa shape index (κ3) is 4.26. The van der Waals surface area contributed by atoms with Gasteiger partial charge in [-0.15, -0.1) is 0 Å². The Morgan fingerprint density at radius 1 is 1.40 bits per heavy atom. The van der Waals surface area contributed by atoms with E-state index in [1.54, 1.807) is 6.92 Å². The van der Waals surface area contributed by atoms with Gasteiger partial charge >= 0.3 is 0 Å². The summed E-state index contributed by atoms with van der Waals surface area (Å²) in [5.74, 6) is -0.108. The van der Waals surface area contributed by atoms with Crippen molar-refractivity contribution in [3.05, 3.63) is 30.3 Å². The number of amides is 2. The molecule has 0 aliphatic rings. The van der Waals surface area contributed by atoms with Gasteiger partial charge in [0.1, 0.15) is 0 Å². The SMILES string of the molecule is CC(CC(=O)Nc1ccccc1)NC=O. The van der Waals surface area contributed by atoms with Gasteiger partial charge in [-0.1, -0.05) is 18.2 Å². The highest BCUT2D eigenvalue weighted by Crippen LogP contribution is 2.05. The Kier molecular flexibility index (Phi) is 4.34. The van der Waals surface area contributed by atoms with Gasteiger partial charge < -0.3 is 10.6 Å². The highest BCUT2D eigenvalue weighted by Gasteiger charge is 2.07. The third-order valence-corrected chi connectivity index (χ3v) is 1.90. The minimum Gasteiger partial charge on any atom is -0.356 e. The molecule has 0 heterocycles. The first-order valence-electron chi connectivity index (χ1n) is 4.77. The lowest BCUT2D eigenvalue weighted by Gasteiger charge is -2.10. The fourth-order valence-corrected chi connectivity index (χ4v) is 1.19. The number of benzene rings is 1. The predicted molar refractivity (Wildman–Crippen MR) is 58.4 cm³/mol. The molecule has 0 radical (unpaired) electrons. The monoisotopic (exact) mass is 206 g/mol. The lowest BCUT2D eigenvalue weighted by Crippen LogP contribution is -2.29. The van der Waals surface area contributed by atoms with Gasteiger partial charge in [-0.3, -0.25) is 9.59 Å². The van der Waals surface area contributed by atoms with E-state index >= 15 is 0 Å². The smallest absolute Gasteiger partial charge is 0.226 e. The molecule has 2 amide bonds. The van der Waals surface area contributed by atoms with E-state index in [-0.39, 0.29) is 18.4 Å².